The number of benzene rings is 1. The summed E-state index contributed by atoms with van der Waals surface area (Å²) in [4.78, 5) is 0. The summed E-state index contributed by atoms with van der Waals surface area (Å²) in [5, 5.41) is 0. The minimum absolute atomic E-state index is 0.882. The molecule has 0 aromatic heterocycles. The van der Waals surface area contributed by atoms with Crippen molar-refractivity contribution >= 4 is 5.57 Å². The zero-order valence-electron chi connectivity index (χ0n) is 7.74. The van der Waals surface area contributed by atoms with Crippen LogP contribution < -0.4 is 0 Å². The molecular formula is C13H14. The maximum absolute atomic E-state index is 2.50. The van der Waals surface area contributed by atoms with Crippen LogP contribution in [0.25, 0.3) is 5.57 Å². The summed E-state index contributed by atoms with van der Waals surface area (Å²) < 4.78 is 0. The second-order valence-electron chi connectivity index (χ2n) is 4.26. The van der Waals surface area contributed by atoms with Crippen molar-refractivity contribution in [3.8, 4) is 0 Å². The van der Waals surface area contributed by atoms with Gasteiger partial charge in [-0.05, 0) is 42.2 Å². The van der Waals surface area contributed by atoms with E-state index in [1.807, 2.05) is 0 Å². The molecule has 0 N–H and O–H groups in total. The topological polar surface area (TPSA) is 0 Å². The number of hydrogen-bond acceptors (Lipinski definition) is 0. The van der Waals surface area contributed by atoms with E-state index in [0.717, 1.165) is 11.8 Å². The highest BCUT2D eigenvalue weighted by atomic mass is 14.4. The van der Waals surface area contributed by atoms with Gasteiger partial charge in [-0.15, -0.1) is 0 Å². The first-order chi connectivity index (χ1) is 6.43. The molecule has 0 radical (unpaired) electrons. The van der Waals surface area contributed by atoms with Crippen LogP contribution in [0.5, 0.6) is 0 Å². The Kier molecular flexibility index (Phi) is 1.55. The van der Waals surface area contributed by atoms with Crippen molar-refractivity contribution in [3.63, 3.8) is 0 Å². The van der Waals surface area contributed by atoms with Crippen LogP contribution in [0.1, 0.15) is 24.8 Å². The average molecular weight is 170 g/mol. The molecule has 0 nitrogen and oxygen atoms in total. The van der Waals surface area contributed by atoms with Crippen LogP contribution in [0.4, 0.5) is 0 Å². The van der Waals surface area contributed by atoms with Gasteiger partial charge >= 0.3 is 0 Å². The Balaban J connectivity index is 1.99. The second-order valence-corrected chi connectivity index (χ2v) is 4.26. The third-order valence-electron chi connectivity index (χ3n) is 3.44. The fraction of sp³-hybridized carbons (Fsp3) is 0.385. The predicted molar refractivity (Wildman–Crippen MR) is 55.3 cm³/mol. The molecule has 2 aliphatic rings. The lowest BCUT2D eigenvalue weighted by Crippen LogP contribution is -1.95. The van der Waals surface area contributed by atoms with Crippen LogP contribution in [0.3, 0.4) is 0 Å². The molecule has 1 fully saturated rings. The fourth-order valence-electron chi connectivity index (χ4n) is 2.80. The van der Waals surface area contributed by atoms with Gasteiger partial charge in [0.1, 0.15) is 0 Å². The van der Waals surface area contributed by atoms with Crippen LogP contribution in [0, 0.1) is 11.8 Å². The Morgan fingerprint density at radius 2 is 1.85 bits per heavy atom. The van der Waals surface area contributed by atoms with E-state index in [2.05, 4.69) is 36.4 Å². The van der Waals surface area contributed by atoms with Gasteiger partial charge in [0.2, 0.25) is 0 Å². The lowest BCUT2D eigenvalue weighted by Gasteiger charge is -2.12. The predicted octanol–water partition coefficient (Wildman–Crippen LogP) is 3.50. The normalized spacial score (nSPS) is 30.6. The van der Waals surface area contributed by atoms with Gasteiger partial charge in [-0.2, -0.15) is 0 Å². The highest BCUT2D eigenvalue weighted by Gasteiger charge is 2.32. The molecule has 0 amide bonds. The largest absolute Gasteiger partial charge is 0.0773 e. The molecule has 0 heteroatoms. The Morgan fingerprint density at radius 3 is 2.46 bits per heavy atom. The van der Waals surface area contributed by atoms with E-state index in [4.69, 9.17) is 0 Å². The Hall–Kier alpha value is -1.04. The molecule has 1 aromatic rings. The van der Waals surface area contributed by atoms with E-state index in [9.17, 15) is 0 Å². The Bertz CT molecular complexity index is 334. The fourth-order valence-corrected chi connectivity index (χ4v) is 2.80. The molecule has 0 spiro atoms. The minimum atomic E-state index is 0.882. The zero-order chi connectivity index (χ0) is 8.67. The van der Waals surface area contributed by atoms with Gasteiger partial charge in [0.25, 0.3) is 0 Å². The van der Waals surface area contributed by atoms with Gasteiger partial charge in [0.05, 0.1) is 0 Å². The molecular weight excluding hydrogens is 156 g/mol. The summed E-state index contributed by atoms with van der Waals surface area (Å²) in [6.07, 6.45) is 6.78. The molecule has 0 aliphatic heterocycles. The first kappa shape index (κ1) is 7.37. The maximum atomic E-state index is 2.50. The van der Waals surface area contributed by atoms with Crippen molar-refractivity contribution in [3.05, 3.63) is 42.0 Å². The van der Waals surface area contributed by atoms with E-state index in [-0.39, 0.29) is 0 Å². The van der Waals surface area contributed by atoms with Gasteiger partial charge in [-0.1, -0.05) is 36.4 Å². The molecule has 2 aliphatic carbocycles. The number of hydrogen-bond donors (Lipinski definition) is 0. The average Bonchev–Trinajstić information content (AvgIpc) is 2.80. The van der Waals surface area contributed by atoms with E-state index in [0.29, 0.717) is 0 Å². The quantitative estimate of drug-likeness (QED) is 0.605. The lowest BCUT2D eigenvalue weighted by molar-refractivity contribution is 0.695. The molecule has 66 valence electrons. The van der Waals surface area contributed by atoms with Crippen molar-refractivity contribution in [2.75, 3.05) is 0 Å². The summed E-state index contributed by atoms with van der Waals surface area (Å²) in [6, 6.07) is 10.9. The summed E-state index contributed by atoms with van der Waals surface area (Å²) in [5.41, 5.74) is 3.08. The van der Waals surface area contributed by atoms with Crippen molar-refractivity contribution in [1.29, 1.82) is 0 Å². The molecule has 0 heterocycles. The highest BCUT2D eigenvalue weighted by molar-refractivity contribution is 5.70. The van der Waals surface area contributed by atoms with E-state index < -0.39 is 0 Å². The summed E-state index contributed by atoms with van der Waals surface area (Å²) in [7, 11) is 0. The molecule has 0 unspecified atom stereocenters. The summed E-state index contributed by atoms with van der Waals surface area (Å²) >= 11 is 0. The van der Waals surface area contributed by atoms with Crippen molar-refractivity contribution in [1.82, 2.24) is 0 Å². The standard InChI is InChI=1S/C13H14/c1-2-4-11(5-3-1)13-9-10-6-7-12(13)8-10/h1-5,9-10,12H,6-8H2/t10-,12+/m0/s1. The Labute approximate surface area is 79.3 Å². The monoisotopic (exact) mass is 170 g/mol. The smallest absolute Gasteiger partial charge is 0.0153 e. The van der Waals surface area contributed by atoms with Gasteiger partial charge in [0, 0.05) is 0 Å². The number of allylic oxidation sites excluding steroid dienone is 2. The molecule has 13 heavy (non-hydrogen) atoms. The summed E-state index contributed by atoms with van der Waals surface area (Å²) in [5.74, 6) is 1.78. The van der Waals surface area contributed by atoms with Crippen molar-refractivity contribution in [2.24, 2.45) is 11.8 Å². The third kappa shape index (κ3) is 1.13. The van der Waals surface area contributed by atoms with Gasteiger partial charge in [0.15, 0.2) is 0 Å². The molecule has 2 bridgehead atoms. The molecule has 3 rings (SSSR count). The van der Waals surface area contributed by atoms with E-state index in [1.54, 1.807) is 5.57 Å². The SMILES string of the molecule is C1=C(c2ccccc2)[C@@H]2CC[C@H]1C2. The molecule has 1 saturated carbocycles. The molecule has 0 saturated heterocycles. The van der Waals surface area contributed by atoms with Crippen LogP contribution in [0.2, 0.25) is 0 Å². The van der Waals surface area contributed by atoms with E-state index >= 15 is 0 Å². The molecule has 1 aromatic carbocycles. The number of rotatable bonds is 1. The van der Waals surface area contributed by atoms with Crippen LogP contribution in [0.15, 0.2) is 36.4 Å². The number of fused-ring (bicyclic) bond motifs is 2. The zero-order valence-corrected chi connectivity index (χ0v) is 7.74. The lowest BCUT2D eigenvalue weighted by atomic mass is 9.92. The maximum Gasteiger partial charge on any atom is -0.0153 e. The van der Waals surface area contributed by atoms with Gasteiger partial charge in [-0.3, -0.25) is 0 Å². The van der Waals surface area contributed by atoms with E-state index in [1.165, 1.54) is 24.8 Å². The van der Waals surface area contributed by atoms with Crippen LogP contribution >= 0.6 is 0 Å². The van der Waals surface area contributed by atoms with Gasteiger partial charge in [-0.25, -0.2) is 0 Å². The van der Waals surface area contributed by atoms with Gasteiger partial charge < -0.3 is 0 Å². The first-order valence-electron chi connectivity index (χ1n) is 5.20. The van der Waals surface area contributed by atoms with Crippen molar-refractivity contribution < 1.29 is 0 Å². The Morgan fingerprint density at radius 1 is 1.00 bits per heavy atom. The third-order valence-corrected chi connectivity index (χ3v) is 3.44. The minimum Gasteiger partial charge on any atom is -0.0773 e. The van der Waals surface area contributed by atoms with Crippen LogP contribution in [-0.2, 0) is 0 Å². The van der Waals surface area contributed by atoms with Crippen molar-refractivity contribution in [2.45, 2.75) is 19.3 Å². The van der Waals surface area contributed by atoms with Crippen LogP contribution in [-0.4, -0.2) is 0 Å². The highest BCUT2D eigenvalue weighted by Crippen LogP contribution is 2.47. The summed E-state index contributed by atoms with van der Waals surface area (Å²) in [6.45, 7) is 0. The first-order valence-corrected chi connectivity index (χ1v) is 5.20. The second kappa shape index (κ2) is 2.73. The molecule has 2 atom stereocenters.